The Balaban J connectivity index is 2.79. The topological polar surface area (TPSA) is 76.1 Å². The summed E-state index contributed by atoms with van der Waals surface area (Å²) >= 11 is 0. The minimum Gasteiger partial charge on any atom is -0.458 e. The Hall–Kier alpha value is -1.30. The van der Waals surface area contributed by atoms with Crippen molar-refractivity contribution in [3.05, 3.63) is 0 Å². The Labute approximate surface area is 120 Å². The lowest BCUT2D eigenvalue weighted by atomic mass is 10.0. The number of likely N-dealkylation sites (tertiary alicyclic amines) is 1. The van der Waals surface area contributed by atoms with Gasteiger partial charge in [-0.25, -0.2) is 9.59 Å². The monoisotopic (exact) mass is 287 g/mol. The molecule has 0 unspecified atom stereocenters. The predicted molar refractivity (Wildman–Crippen MR) is 73.2 cm³/mol. The first kappa shape index (κ1) is 16.8. The van der Waals surface area contributed by atoms with Gasteiger partial charge in [-0.3, -0.25) is 4.90 Å². The van der Waals surface area contributed by atoms with E-state index in [4.69, 9.17) is 9.47 Å². The van der Waals surface area contributed by atoms with Gasteiger partial charge in [0.05, 0.1) is 18.8 Å². The Morgan fingerprint density at radius 1 is 1.25 bits per heavy atom. The molecule has 6 nitrogen and oxygen atoms in total. The van der Waals surface area contributed by atoms with Gasteiger partial charge >= 0.3 is 12.1 Å². The number of aliphatic hydroxyl groups excluding tert-OH is 1. The van der Waals surface area contributed by atoms with Crippen LogP contribution in [0.25, 0.3) is 0 Å². The molecule has 0 aliphatic carbocycles. The molecular weight excluding hydrogens is 262 g/mol. The lowest BCUT2D eigenvalue weighted by Gasteiger charge is -2.37. The van der Waals surface area contributed by atoms with E-state index in [0.717, 1.165) is 0 Å². The second-order valence-electron chi connectivity index (χ2n) is 6.37. The number of carbonyl (C=O) groups excluding carboxylic acids is 2. The highest BCUT2D eigenvalue weighted by Crippen LogP contribution is 2.22. The smallest absolute Gasteiger partial charge is 0.410 e. The number of aliphatic hydroxyl groups is 1. The van der Waals surface area contributed by atoms with Crippen molar-refractivity contribution in [3.8, 4) is 0 Å². The van der Waals surface area contributed by atoms with Crippen molar-refractivity contribution in [3.63, 3.8) is 0 Å². The zero-order chi connectivity index (χ0) is 15.5. The second-order valence-corrected chi connectivity index (χ2v) is 6.37. The first-order chi connectivity index (χ1) is 9.10. The summed E-state index contributed by atoms with van der Waals surface area (Å²) in [5.41, 5.74) is -0.610. The second kappa shape index (κ2) is 6.43. The van der Waals surface area contributed by atoms with Crippen LogP contribution in [0.3, 0.4) is 0 Å². The van der Waals surface area contributed by atoms with Crippen LogP contribution in [0.4, 0.5) is 4.79 Å². The molecule has 2 atom stereocenters. The molecule has 0 radical (unpaired) electrons. The molecule has 1 heterocycles. The maximum atomic E-state index is 12.2. The number of piperidine rings is 1. The number of hydrogen-bond donors (Lipinski definition) is 1. The predicted octanol–water partition coefficient (Wildman–Crippen LogP) is 1.70. The summed E-state index contributed by atoms with van der Waals surface area (Å²) in [6, 6.07) is -0.691. The van der Waals surface area contributed by atoms with E-state index in [1.165, 1.54) is 4.90 Å². The van der Waals surface area contributed by atoms with E-state index in [1.807, 2.05) is 0 Å². The summed E-state index contributed by atoms with van der Waals surface area (Å²) < 4.78 is 10.4. The lowest BCUT2D eigenvalue weighted by Crippen LogP contribution is -2.54. The number of rotatable bonds is 2. The summed E-state index contributed by atoms with van der Waals surface area (Å²) in [5.74, 6) is -0.454. The van der Waals surface area contributed by atoms with Gasteiger partial charge in [0, 0.05) is 0 Å². The third kappa shape index (κ3) is 5.00. The normalized spacial score (nSPS) is 23.6. The molecule has 0 aromatic rings. The fraction of sp³-hybridized carbons (Fsp3) is 0.857. The number of hydrogen-bond acceptors (Lipinski definition) is 5. The molecule has 1 N–H and O–H groups in total. The Kier molecular flexibility index (Phi) is 5.39. The quantitative estimate of drug-likeness (QED) is 0.782. The molecule has 1 aliphatic heterocycles. The molecule has 0 bridgehead atoms. The number of amides is 1. The molecule has 1 fully saturated rings. The van der Waals surface area contributed by atoms with Crippen LogP contribution in [0.1, 0.15) is 47.5 Å². The lowest BCUT2D eigenvalue weighted by molar-refractivity contribution is -0.163. The maximum Gasteiger partial charge on any atom is 0.410 e. The van der Waals surface area contributed by atoms with E-state index in [0.29, 0.717) is 12.8 Å². The third-order valence-corrected chi connectivity index (χ3v) is 2.81. The Morgan fingerprint density at radius 2 is 1.85 bits per heavy atom. The molecule has 0 spiro atoms. The molecule has 1 saturated heterocycles. The van der Waals surface area contributed by atoms with Crippen LogP contribution in [0.15, 0.2) is 0 Å². The van der Waals surface area contributed by atoms with Gasteiger partial charge in [0.1, 0.15) is 11.6 Å². The van der Waals surface area contributed by atoms with Crippen LogP contribution in [-0.4, -0.2) is 52.5 Å². The van der Waals surface area contributed by atoms with Crippen LogP contribution in [-0.2, 0) is 14.3 Å². The van der Waals surface area contributed by atoms with Crippen LogP contribution in [0, 0.1) is 0 Å². The Bertz CT molecular complexity index is 361. The van der Waals surface area contributed by atoms with Gasteiger partial charge < -0.3 is 14.6 Å². The highest BCUT2D eigenvalue weighted by molar-refractivity contribution is 5.82. The van der Waals surface area contributed by atoms with Gasteiger partial charge in [-0.05, 0) is 47.5 Å². The molecule has 1 aliphatic rings. The standard InChI is InChI=1S/C14H25NO5/c1-9(2)19-13(18)15-8-10(16)6-7-11(15)12(17)20-14(3,4)5/h9-11,16H,6-8H2,1-5H3/t10-,11+/m1/s1. The molecule has 0 aromatic carbocycles. The summed E-state index contributed by atoms with van der Waals surface area (Å²) in [7, 11) is 0. The van der Waals surface area contributed by atoms with Gasteiger partial charge in [-0.15, -0.1) is 0 Å². The van der Waals surface area contributed by atoms with Crippen molar-refractivity contribution in [1.82, 2.24) is 4.90 Å². The van der Waals surface area contributed by atoms with E-state index in [9.17, 15) is 14.7 Å². The van der Waals surface area contributed by atoms with Crippen LogP contribution < -0.4 is 0 Å². The van der Waals surface area contributed by atoms with Crippen molar-refractivity contribution < 1.29 is 24.2 Å². The molecule has 6 heteroatoms. The van der Waals surface area contributed by atoms with Gasteiger partial charge in [-0.1, -0.05) is 0 Å². The van der Waals surface area contributed by atoms with Gasteiger partial charge in [0.25, 0.3) is 0 Å². The summed E-state index contributed by atoms with van der Waals surface area (Å²) in [6.45, 7) is 8.90. The highest BCUT2D eigenvalue weighted by Gasteiger charge is 2.38. The fourth-order valence-corrected chi connectivity index (χ4v) is 2.04. The molecule has 0 aromatic heterocycles. The number of esters is 1. The minimum atomic E-state index is -0.691. The zero-order valence-corrected chi connectivity index (χ0v) is 12.9. The van der Waals surface area contributed by atoms with Crippen molar-refractivity contribution in [2.24, 2.45) is 0 Å². The van der Waals surface area contributed by atoms with Crippen molar-refractivity contribution in [2.45, 2.75) is 71.3 Å². The summed E-state index contributed by atoms with van der Waals surface area (Å²) in [6.07, 6.45) is -0.651. The van der Waals surface area contributed by atoms with E-state index >= 15 is 0 Å². The first-order valence-corrected chi connectivity index (χ1v) is 6.98. The molecule has 1 amide bonds. The van der Waals surface area contributed by atoms with Gasteiger partial charge in [-0.2, -0.15) is 0 Å². The zero-order valence-electron chi connectivity index (χ0n) is 12.9. The maximum absolute atomic E-state index is 12.2. The van der Waals surface area contributed by atoms with Crippen LogP contribution in [0.5, 0.6) is 0 Å². The average Bonchev–Trinajstić information content (AvgIpc) is 2.25. The number of ether oxygens (including phenoxy) is 2. The van der Waals surface area contributed by atoms with Gasteiger partial charge in [0.15, 0.2) is 0 Å². The van der Waals surface area contributed by atoms with Crippen molar-refractivity contribution >= 4 is 12.1 Å². The summed E-state index contributed by atoms with van der Waals surface area (Å²) in [4.78, 5) is 25.5. The van der Waals surface area contributed by atoms with E-state index in [1.54, 1.807) is 34.6 Å². The minimum absolute atomic E-state index is 0.0927. The van der Waals surface area contributed by atoms with Crippen molar-refractivity contribution in [2.75, 3.05) is 6.54 Å². The fourth-order valence-electron chi connectivity index (χ4n) is 2.04. The average molecular weight is 287 g/mol. The third-order valence-electron chi connectivity index (χ3n) is 2.81. The highest BCUT2D eigenvalue weighted by atomic mass is 16.6. The number of nitrogens with zero attached hydrogens (tertiary/aromatic N) is 1. The largest absolute Gasteiger partial charge is 0.458 e. The molecule has 116 valence electrons. The van der Waals surface area contributed by atoms with Crippen LogP contribution in [0.2, 0.25) is 0 Å². The molecule has 1 rings (SSSR count). The first-order valence-electron chi connectivity index (χ1n) is 6.98. The molecule has 0 saturated carbocycles. The van der Waals surface area contributed by atoms with Gasteiger partial charge in [0.2, 0.25) is 0 Å². The van der Waals surface area contributed by atoms with Crippen LogP contribution >= 0.6 is 0 Å². The number of β-amino-alcohol motifs (C(OH)–C–C–N with tert-alkyl or cyclic N) is 1. The van der Waals surface area contributed by atoms with Crippen molar-refractivity contribution in [1.29, 1.82) is 0 Å². The summed E-state index contributed by atoms with van der Waals surface area (Å²) in [5, 5.41) is 9.69. The SMILES string of the molecule is CC(C)OC(=O)N1C[C@H](O)CC[C@H]1C(=O)OC(C)(C)C. The molecular formula is C14H25NO5. The number of carbonyl (C=O) groups is 2. The van der Waals surface area contributed by atoms with E-state index in [2.05, 4.69) is 0 Å². The van der Waals surface area contributed by atoms with E-state index < -0.39 is 29.8 Å². The Morgan fingerprint density at radius 3 is 2.35 bits per heavy atom. The van der Waals surface area contributed by atoms with E-state index in [-0.39, 0.29) is 12.6 Å². The molecule has 20 heavy (non-hydrogen) atoms.